The summed E-state index contributed by atoms with van der Waals surface area (Å²) in [6.07, 6.45) is -41.1. The van der Waals surface area contributed by atoms with Gasteiger partial charge in [-0.3, -0.25) is 9.59 Å². The first-order valence-electron chi connectivity index (χ1n) is 19.1. The summed E-state index contributed by atoms with van der Waals surface area (Å²) in [6.45, 7) is 4.35. The van der Waals surface area contributed by atoms with E-state index in [1.165, 1.54) is 20.8 Å². The SMILES string of the molecule is CC(=O)N[C@H]1[C@H](O[C@H]2[C@H](O[C@@H]3[C@H](O)[C@@H](O)[C@H](C)O[C@H]3O)O[C@@H](C)[C@H](O)[C@H]2O[C@H]2O[C@H](CO)[C@@H](O)[C@H](O)[C@H]2O)O[C@H](CO)[C@@H](O)[C@@H]1O[C@@H]1O[C@@H](C)[C@H](O)[C@@H](OC(C)=O)[C@H]1O. The van der Waals surface area contributed by atoms with Crippen molar-refractivity contribution in [1.29, 1.82) is 0 Å². The van der Waals surface area contributed by atoms with Gasteiger partial charge in [-0.1, -0.05) is 0 Å². The van der Waals surface area contributed by atoms with Crippen molar-refractivity contribution in [3.05, 3.63) is 0 Å². The molecule has 0 aliphatic carbocycles. The summed E-state index contributed by atoms with van der Waals surface area (Å²) in [5.74, 6) is -1.66. The van der Waals surface area contributed by atoms with Crippen LogP contribution in [0.15, 0.2) is 0 Å². The number of hydrogen-bond donors (Lipinski definition) is 13. The number of aliphatic hydroxyl groups is 12. The van der Waals surface area contributed by atoms with E-state index in [1.807, 2.05) is 0 Å². The van der Waals surface area contributed by atoms with Crippen molar-refractivity contribution in [2.75, 3.05) is 13.2 Å². The molecule has 0 unspecified atom stereocenters. The van der Waals surface area contributed by atoms with Crippen molar-refractivity contribution in [3.8, 4) is 0 Å². The molecule has 25 atom stereocenters. The average Bonchev–Trinajstić information content (AvgIpc) is 3.17. The molecule has 5 aliphatic heterocycles. The van der Waals surface area contributed by atoms with E-state index < -0.39 is 179 Å². The molecule has 1 amide bonds. The maximum absolute atomic E-state index is 12.7. The van der Waals surface area contributed by atoms with Crippen LogP contribution in [-0.4, -0.2) is 240 Å². The third-order valence-electron chi connectivity index (χ3n) is 10.9. The third-order valence-corrected chi connectivity index (χ3v) is 10.9. The monoisotopic (exact) mass is 863 g/mol. The summed E-state index contributed by atoms with van der Waals surface area (Å²) in [5, 5.41) is 131. The second kappa shape index (κ2) is 20.1. The Morgan fingerprint density at radius 1 is 0.475 bits per heavy atom. The molecule has 5 rings (SSSR count). The van der Waals surface area contributed by atoms with Gasteiger partial charge in [0.2, 0.25) is 5.91 Å². The highest BCUT2D eigenvalue weighted by Crippen LogP contribution is 2.37. The maximum atomic E-state index is 12.7. The molecule has 0 radical (unpaired) electrons. The van der Waals surface area contributed by atoms with Crippen molar-refractivity contribution in [2.45, 2.75) is 188 Å². The predicted molar refractivity (Wildman–Crippen MR) is 183 cm³/mol. The summed E-state index contributed by atoms with van der Waals surface area (Å²) in [4.78, 5) is 24.5. The van der Waals surface area contributed by atoms with Gasteiger partial charge in [-0.2, -0.15) is 0 Å². The van der Waals surface area contributed by atoms with E-state index in [1.54, 1.807) is 0 Å². The van der Waals surface area contributed by atoms with Gasteiger partial charge in [-0.15, -0.1) is 0 Å². The zero-order valence-electron chi connectivity index (χ0n) is 32.6. The van der Waals surface area contributed by atoms with Gasteiger partial charge in [0.1, 0.15) is 97.6 Å². The lowest BCUT2D eigenvalue weighted by Gasteiger charge is -2.51. The van der Waals surface area contributed by atoms with Crippen LogP contribution in [-0.2, 0) is 57.0 Å². The molecule has 5 heterocycles. The minimum absolute atomic E-state index is 0.786. The number of ether oxygens (including phenoxy) is 10. The first-order valence-corrected chi connectivity index (χ1v) is 19.1. The Hall–Kier alpha value is -1.90. The molecule has 59 heavy (non-hydrogen) atoms. The number of carbonyl (C=O) groups is 2. The number of esters is 1. The fourth-order valence-electron chi connectivity index (χ4n) is 7.53. The normalized spacial score (nSPS) is 50.8. The molecule has 5 saturated heterocycles. The van der Waals surface area contributed by atoms with E-state index in [-0.39, 0.29) is 0 Å². The summed E-state index contributed by atoms with van der Waals surface area (Å²) in [7, 11) is 0. The number of rotatable bonds is 12. The van der Waals surface area contributed by atoms with Crippen LogP contribution < -0.4 is 5.32 Å². The lowest BCUT2D eigenvalue weighted by molar-refractivity contribution is -0.403. The molecule has 5 aliphatic rings. The first-order chi connectivity index (χ1) is 27.7. The van der Waals surface area contributed by atoms with Gasteiger partial charge >= 0.3 is 5.97 Å². The van der Waals surface area contributed by atoms with Gasteiger partial charge in [-0.05, 0) is 20.8 Å². The van der Waals surface area contributed by atoms with Gasteiger partial charge in [0.25, 0.3) is 0 Å². The zero-order valence-corrected chi connectivity index (χ0v) is 32.6. The van der Waals surface area contributed by atoms with Crippen molar-refractivity contribution < 1.29 is 118 Å². The Kier molecular flexibility index (Phi) is 16.4. The minimum Gasteiger partial charge on any atom is -0.457 e. The molecular weight excluding hydrogens is 806 g/mol. The molecule has 0 aromatic heterocycles. The molecule has 25 nitrogen and oxygen atoms in total. The highest BCUT2D eigenvalue weighted by Gasteiger charge is 2.57. The average molecular weight is 864 g/mol. The Balaban J connectivity index is 1.53. The number of hydrogen-bond acceptors (Lipinski definition) is 24. The van der Waals surface area contributed by atoms with E-state index in [2.05, 4.69) is 5.32 Å². The van der Waals surface area contributed by atoms with Crippen LogP contribution in [0.25, 0.3) is 0 Å². The number of aliphatic hydroxyl groups excluding tert-OH is 12. The molecule has 13 N–H and O–H groups in total. The molecule has 0 spiro atoms. The third kappa shape index (κ3) is 10.3. The first kappa shape index (κ1) is 48.1. The lowest BCUT2D eigenvalue weighted by atomic mass is 9.94. The van der Waals surface area contributed by atoms with Crippen molar-refractivity contribution >= 4 is 11.9 Å². The van der Waals surface area contributed by atoms with Crippen molar-refractivity contribution in [1.82, 2.24) is 5.32 Å². The lowest BCUT2D eigenvalue weighted by Crippen LogP contribution is -2.70. The minimum atomic E-state index is -2.02. The zero-order chi connectivity index (χ0) is 43.8. The standard InChI is InChI=1S/C34H57NO24/c1-8-16(40)22(46)28(30(49)50-8)58-34-29(27(18(42)10(3)52-34)57-32-23(47)21(45)19(43)13(6-36)55-32)59-31-15(35-11(4)38)25(20(44)14(7-37)54-31)56-33-24(48)26(53-12(5)39)17(41)9(2)51-33/h8-10,13-34,36-37,40-49H,6-7H2,1-5H3,(H,35,38)/t8-,9-,10-,13+,14+,15+,16-,17-,18-,19+,20+,21-,22+,23+,24+,25+,26+,27+,28+,29+,30+,31-,32+,33-,34-/m0/s1. The van der Waals surface area contributed by atoms with E-state index in [4.69, 9.17) is 47.4 Å². The fraction of sp³-hybridized carbons (Fsp3) is 0.941. The van der Waals surface area contributed by atoms with Gasteiger partial charge in [0, 0.05) is 13.8 Å². The quantitative estimate of drug-likeness (QED) is 0.0810. The molecule has 0 aromatic rings. The second-order valence-electron chi connectivity index (χ2n) is 15.2. The molecule has 25 heteroatoms. The Morgan fingerprint density at radius 2 is 0.966 bits per heavy atom. The highest BCUT2D eigenvalue weighted by molar-refractivity contribution is 5.73. The smallest absolute Gasteiger partial charge is 0.303 e. The molecular formula is C34H57NO24. The van der Waals surface area contributed by atoms with Crippen LogP contribution >= 0.6 is 0 Å². The molecule has 5 fully saturated rings. The van der Waals surface area contributed by atoms with Gasteiger partial charge in [0.15, 0.2) is 37.6 Å². The second-order valence-corrected chi connectivity index (χ2v) is 15.2. The molecule has 342 valence electrons. The molecule has 0 aromatic carbocycles. The van der Waals surface area contributed by atoms with Crippen LogP contribution in [0.2, 0.25) is 0 Å². The number of amides is 1. The fourth-order valence-corrected chi connectivity index (χ4v) is 7.53. The summed E-state index contributed by atoms with van der Waals surface area (Å²) in [6, 6.07) is -1.67. The summed E-state index contributed by atoms with van der Waals surface area (Å²) < 4.78 is 57.6. The van der Waals surface area contributed by atoms with E-state index in [9.17, 15) is 70.9 Å². The van der Waals surface area contributed by atoms with Gasteiger partial charge in [0.05, 0.1) is 31.5 Å². The van der Waals surface area contributed by atoms with Crippen LogP contribution in [0.3, 0.4) is 0 Å². The molecule has 0 saturated carbocycles. The topological polar surface area (TPSA) is 381 Å². The largest absolute Gasteiger partial charge is 0.457 e. The Bertz CT molecular complexity index is 1380. The van der Waals surface area contributed by atoms with Crippen LogP contribution in [0.4, 0.5) is 0 Å². The van der Waals surface area contributed by atoms with Gasteiger partial charge < -0.3 is 114 Å². The van der Waals surface area contributed by atoms with Crippen LogP contribution in [0.5, 0.6) is 0 Å². The number of nitrogens with one attached hydrogen (secondary N) is 1. The van der Waals surface area contributed by atoms with Gasteiger partial charge in [-0.25, -0.2) is 0 Å². The molecule has 0 bridgehead atoms. The predicted octanol–water partition coefficient (Wildman–Crippen LogP) is -8.13. The van der Waals surface area contributed by atoms with Crippen LogP contribution in [0.1, 0.15) is 34.6 Å². The van der Waals surface area contributed by atoms with E-state index in [0.29, 0.717) is 0 Å². The highest BCUT2D eigenvalue weighted by atomic mass is 16.8. The van der Waals surface area contributed by atoms with Crippen molar-refractivity contribution in [2.24, 2.45) is 0 Å². The van der Waals surface area contributed by atoms with Crippen LogP contribution in [0, 0.1) is 0 Å². The summed E-state index contributed by atoms with van der Waals surface area (Å²) >= 11 is 0. The van der Waals surface area contributed by atoms with E-state index >= 15 is 0 Å². The maximum Gasteiger partial charge on any atom is 0.303 e. The Morgan fingerprint density at radius 3 is 1.56 bits per heavy atom. The Labute approximate surface area is 336 Å². The van der Waals surface area contributed by atoms with Crippen molar-refractivity contribution in [3.63, 3.8) is 0 Å². The summed E-state index contributed by atoms with van der Waals surface area (Å²) in [5.41, 5.74) is 0. The van der Waals surface area contributed by atoms with E-state index in [0.717, 1.165) is 13.8 Å². The number of carbonyl (C=O) groups excluding carboxylic acids is 2.